The molecule has 0 radical (unpaired) electrons. The van der Waals surface area contributed by atoms with Crippen molar-refractivity contribution in [2.24, 2.45) is 11.3 Å². The number of hydrogen-bond acceptors (Lipinski definition) is 2. The van der Waals surface area contributed by atoms with E-state index in [9.17, 15) is 0 Å². The van der Waals surface area contributed by atoms with Gasteiger partial charge in [-0.05, 0) is 50.4 Å². The molecule has 1 aliphatic heterocycles. The van der Waals surface area contributed by atoms with Crippen molar-refractivity contribution in [3.05, 3.63) is 0 Å². The zero-order valence-corrected chi connectivity index (χ0v) is 11.0. The van der Waals surface area contributed by atoms with Gasteiger partial charge >= 0.3 is 0 Å². The summed E-state index contributed by atoms with van der Waals surface area (Å²) in [5.41, 5.74) is 0.453. The van der Waals surface area contributed by atoms with E-state index in [1.54, 1.807) is 0 Å². The Hall–Kier alpha value is -0.0800. The van der Waals surface area contributed by atoms with Crippen LogP contribution in [0.2, 0.25) is 0 Å². The monoisotopic (exact) mass is 212 g/mol. The summed E-state index contributed by atoms with van der Waals surface area (Å²) in [6.07, 6.45) is 2.76. The van der Waals surface area contributed by atoms with Crippen molar-refractivity contribution in [2.45, 2.75) is 40.5 Å². The van der Waals surface area contributed by atoms with Crippen LogP contribution in [0.4, 0.5) is 0 Å². The molecule has 1 aliphatic rings. The third-order valence-electron chi connectivity index (χ3n) is 3.09. The van der Waals surface area contributed by atoms with E-state index in [4.69, 9.17) is 0 Å². The first-order valence-corrected chi connectivity index (χ1v) is 6.44. The summed E-state index contributed by atoms with van der Waals surface area (Å²) in [5, 5.41) is 3.46. The summed E-state index contributed by atoms with van der Waals surface area (Å²) in [6, 6.07) is 0. The molecule has 2 heteroatoms. The SMILES string of the molecule is CCNCC1CCN(CC(C)(C)C)CC1. The Morgan fingerprint density at radius 2 is 1.80 bits per heavy atom. The fraction of sp³-hybridized carbons (Fsp3) is 1.00. The van der Waals surface area contributed by atoms with E-state index >= 15 is 0 Å². The highest BCUT2D eigenvalue weighted by Crippen LogP contribution is 2.21. The molecule has 2 nitrogen and oxygen atoms in total. The van der Waals surface area contributed by atoms with Gasteiger partial charge in [0.1, 0.15) is 0 Å². The Balaban J connectivity index is 2.18. The van der Waals surface area contributed by atoms with Crippen molar-refractivity contribution >= 4 is 0 Å². The van der Waals surface area contributed by atoms with Crippen LogP contribution in [0.3, 0.4) is 0 Å². The Labute approximate surface area is 95.4 Å². The predicted molar refractivity (Wildman–Crippen MR) is 67.2 cm³/mol. The Kier molecular flexibility index (Phi) is 5.07. The van der Waals surface area contributed by atoms with Crippen molar-refractivity contribution in [1.29, 1.82) is 0 Å². The number of rotatable bonds is 4. The average molecular weight is 212 g/mol. The van der Waals surface area contributed by atoms with Crippen LogP contribution in [-0.4, -0.2) is 37.6 Å². The molecular formula is C13H28N2. The number of likely N-dealkylation sites (tertiary alicyclic amines) is 1. The minimum atomic E-state index is 0.453. The molecule has 0 amide bonds. The zero-order valence-electron chi connectivity index (χ0n) is 11.0. The van der Waals surface area contributed by atoms with Crippen LogP contribution in [0.5, 0.6) is 0 Å². The topological polar surface area (TPSA) is 15.3 Å². The lowest BCUT2D eigenvalue weighted by Gasteiger charge is -2.36. The minimum absolute atomic E-state index is 0.453. The number of hydrogen-bond donors (Lipinski definition) is 1. The summed E-state index contributed by atoms with van der Waals surface area (Å²) in [4.78, 5) is 2.63. The molecule has 0 aromatic rings. The molecule has 0 bridgehead atoms. The van der Waals surface area contributed by atoms with Crippen LogP contribution in [0.1, 0.15) is 40.5 Å². The highest BCUT2D eigenvalue weighted by Gasteiger charge is 2.22. The van der Waals surface area contributed by atoms with Crippen LogP contribution in [0.15, 0.2) is 0 Å². The second-order valence-corrected chi connectivity index (χ2v) is 6.09. The normalized spacial score (nSPS) is 20.8. The largest absolute Gasteiger partial charge is 0.317 e. The van der Waals surface area contributed by atoms with Crippen molar-refractivity contribution < 1.29 is 0 Å². The van der Waals surface area contributed by atoms with Gasteiger partial charge in [0.25, 0.3) is 0 Å². The third kappa shape index (κ3) is 5.53. The lowest BCUT2D eigenvalue weighted by atomic mass is 9.92. The van der Waals surface area contributed by atoms with Gasteiger partial charge in [0.05, 0.1) is 0 Å². The highest BCUT2D eigenvalue weighted by molar-refractivity contribution is 4.77. The third-order valence-corrected chi connectivity index (χ3v) is 3.09. The molecule has 1 saturated heterocycles. The average Bonchev–Trinajstić information content (AvgIpc) is 2.14. The number of nitrogens with one attached hydrogen (secondary N) is 1. The Morgan fingerprint density at radius 1 is 1.20 bits per heavy atom. The summed E-state index contributed by atoms with van der Waals surface area (Å²) < 4.78 is 0. The molecule has 1 fully saturated rings. The lowest BCUT2D eigenvalue weighted by molar-refractivity contribution is 0.136. The van der Waals surface area contributed by atoms with E-state index in [0.29, 0.717) is 5.41 Å². The molecule has 0 atom stereocenters. The van der Waals surface area contributed by atoms with Gasteiger partial charge in [0.2, 0.25) is 0 Å². The van der Waals surface area contributed by atoms with Gasteiger partial charge in [0.15, 0.2) is 0 Å². The van der Waals surface area contributed by atoms with Crippen LogP contribution >= 0.6 is 0 Å². The molecule has 90 valence electrons. The maximum atomic E-state index is 3.46. The number of piperidine rings is 1. The molecule has 0 spiro atoms. The van der Waals surface area contributed by atoms with Crippen molar-refractivity contribution in [3.63, 3.8) is 0 Å². The summed E-state index contributed by atoms with van der Waals surface area (Å²) in [5.74, 6) is 0.918. The van der Waals surface area contributed by atoms with E-state index in [0.717, 1.165) is 12.5 Å². The van der Waals surface area contributed by atoms with Gasteiger partial charge < -0.3 is 10.2 Å². The van der Waals surface area contributed by atoms with E-state index in [-0.39, 0.29) is 0 Å². The smallest absolute Gasteiger partial charge is 0.00300 e. The first-order valence-electron chi connectivity index (χ1n) is 6.44. The molecule has 0 aromatic carbocycles. The van der Waals surface area contributed by atoms with Gasteiger partial charge in [-0.15, -0.1) is 0 Å². The fourth-order valence-corrected chi connectivity index (χ4v) is 2.37. The zero-order chi connectivity index (χ0) is 11.3. The van der Waals surface area contributed by atoms with E-state index in [1.165, 1.54) is 39.0 Å². The second kappa shape index (κ2) is 5.86. The quantitative estimate of drug-likeness (QED) is 0.769. The highest BCUT2D eigenvalue weighted by atomic mass is 15.1. The van der Waals surface area contributed by atoms with Crippen LogP contribution in [0, 0.1) is 11.3 Å². The van der Waals surface area contributed by atoms with Gasteiger partial charge in [-0.2, -0.15) is 0 Å². The summed E-state index contributed by atoms with van der Waals surface area (Å²) in [7, 11) is 0. The second-order valence-electron chi connectivity index (χ2n) is 6.09. The maximum Gasteiger partial charge on any atom is 0.00300 e. The number of nitrogens with zero attached hydrogens (tertiary/aromatic N) is 1. The first kappa shape index (κ1) is 13.0. The van der Waals surface area contributed by atoms with Crippen molar-refractivity contribution in [3.8, 4) is 0 Å². The minimum Gasteiger partial charge on any atom is -0.317 e. The van der Waals surface area contributed by atoms with Crippen molar-refractivity contribution in [1.82, 2.24) is 10.2 Å². The molecular weight excluding hydrogens is 184 g/mol. The molecule has 1 rings (SSSR count). The van der Waals surface area contributed by atoms with E-state index in [1.807, 2.05) is 0 Å². The molecule has 0 aromatic heterocycles. The fourth-order valence-electron chi connectivity index (χ4n) is 2.37. The van der Waals surface area contributed by atoms with Gasteiger partial charge in [-0.1, -0.05) is 27.7 Å². The first-order chi connectivity index (χ1) is 7.01. The Morgan fingerprint density at radius 3 is 2.27 bits per heavy atom. The lowest BCUT2D eigenvalue weighted by Crippen LogP contribution is -2.41. The standard InChI is InChI=1S/C13H28N2/c1-5-14-10-12-6-8-15(9-7-12)11-13(2,3)4/h12,14H,5-11H2,1-4H3. The van der Waals surface area contributed by atoms with E-state index < -0.39 is 0 Å². The molecule has 0 unspecified atom stereocenters. The van der Waals surface area contributed by atoms with Crippen LogP contribution in [0.25, 0.3) is 0 Å². The van der Waals surface area contributed by atoms with Crippen molar-refractivity contribution in [2.75, 3.05) is 32.7 Å². The molecule has 0 saturated carbocycles. The molecule has 0 aliphatic carbocycles. The molecule has 15 heavy (non-hydrogen) atoms. The van der Waals surface area contributed by atoms with Gasteiger partial charge in [-0.25, -0.2) is 0 Å². The molecule has 1 heterocycles. The van der Waals surface area contributed by atoms with Crippen LogP contribution in [-0.2, 0) is 0 Å². The maximum absolute atomic E-state index is 3.46. The van der Waals surface area contributed by atoms with Crippen LogP contribution < -0.4 is 5.32 Å². The summed E-state index contributed by atoms with van der Waals surface area (Å²) in [6.45, 7) is 15.4. The molecule has 1 N–H and O–H groups in total. The Bertz CT molecular complexity index is 164. The van der Waals surface area contributed by atoms with Gasteiger partial charge in [-0.3, -0.25) is 0 Å². The van der Waals surface area contributed by atoms with E-state index in [2.05, 4.69) is 37.9 Å². The summed E-state index contributed by atoms with van der Waals surface area (Å²) >= 11 is 0. The predicted octanol–water partition coefficient (Wildman–Crippen LogP) is 2.35. The van der Waals surface area contributed by atoms with Gasteiger partial charge in [0, 0.05) is 6.54 Å².